The van der Waals surface area contributed by atoms with Gasteiger partial charge in [0, 0.05) is 12.5 Å². The highest BCUT2D eigenvalue weighted by Gasteiger charge is 1.93. The van der Waals surface area contributed by atoms with E-state index in [0.717, 1.165) is 5.69 Å². The molecule has 4 nitrogen and oxygen atoms in total. The quantitative estimate of drug-likeness (QED) is 0.773. The van der Waals surface area contributed by atoms with E-state index in [2.05, 4.69) is 4.98 Å². The molecule has 1 rings (SSSR count). The minimum atomic E-state index is -0.357. The van der Waals surface area contributed by atoms with Crippen molar-refractivity contribution in [1.82, 2.24) is 4.98 Å². The summed E-state index contributed by atoms with van der Waals surface area (Å²) in [4.78, 5) is 14.6. The lowest BCUT2D eigenvalue weighted by Crippen LogP contribution is -2.07. The standard InChI is InChI=1S/C10H12N2O2/c1-14-10-7-3-5-8(12-10)4-2-6-9(11)13/h2-5,7H,6H2,1H3,(H2,11,13). The highest BCUT2D eigenvalue weighted by Crippen LogP contribution is 2.07. The smallest absolute Gasteiger partial charge is 0.221 e. The van der Waals surface area contributed by atoms with Crippen molar-refractivity contribution >= 4 is 12.0 Å². The fourth-order valence-corrected chi connectivity index (χ4v) is 0.933. The Labute approximate surface area is 82.4 Å². The first-order valence-corrected chi connectivity index (χ1v) is 4.18. The summed E-state index contributed by atoms with van der Waals surface area (Å²) in [5.74, 6) is 0.190. The predicted molar refractivity (Wildman–Crippen MR) is 53.6 cm³/mol. The fraction of sp³-hybridized carbons (Fsp3) is 0.200. The van der Waals surface area contributed by atoms with Crippen LogP contribution < -0.4 is 10.5 Å². The van der Waals surface area contributed by atoms with E-state index in [1.54, 1.807) is 25.3 Å². The summed E-state index contributed by atoms with van der Waals surface area (Å²) in [5.41, 5.74) is 5.72. The van der Waals surface area contributed by atoms with Gasteiger partial charge < -0.3 is 10.5 Å². The number of nitrogens with two attached hydrogens (primary N) is 1. The van der Waals surface area contributed by atoms with Gasteiger partial charge in [-0.25, -0.2) is 4.98 Å². The molecule has 0 saturated heterocycles. The maximum atomic E-state index is 10.4. The summed E-state index contributed by atoms with van der Waals surface area (Å²) in [7, 11) is 1.55. The summed E-state index contributed by atoms with van der Waals surface area (Å²) in [6.07, 6.45) is 3.62. The molecule has 0 radical (unpaired) electrons. The zero-order chi connectivity index (χ0) is 10.4. The largest absolute Gasteiger partial charge is 0.481 e. The number of rotatable bonds is 4. The molecule has 0 bridgehead atoms. The van der Waals surface area contributed by atoms with E-state index in [9.17, 15) is 4.79 Å². The van der Waals surface area contributed by atoms with Crippen molar-refractivity contribution < 1.29 is 9.53 Å². The molecule has 1 amide bonds. The van der Waals surface area contributed by atoms with Gasteiger partial charge in [0.15, 0.2) is 0 Å². The molecule has 2 N–H and O–H groups in total. The minimum absolute atomic E-state index is 0.221. The molecule has 1 aromatic heterocycles. The van der Waals surface area contributed by atoms with Crippen molar-refractivity contribution in [3.63, 3.8) is 0 Å². The van der Waals surface area contributed by atoms with E-state index in [1.165, 1.54) is 0 Å². The van der Waals surface area contributed by atoms with Crippen molar-refractivity contribution in [2.45, 2.75) is 6.42 Å². The van der Waals surface area contributed by atoms with Crippen LogP contribution in [-0.4, -0.2) is 18.0 Å². The second kappa shape index (κ2) is 5.01. The molecule has 0 saturated carbocycles. The molecule has 0 spiro atoms. The third-order valence-electron chi connectivity index (χ3n) is 1.56. The van der Waals surface area contributed by atoms with Crippen molar-refractivity contribution in [3.05, 3.63) is 30.0 Å². The van der Waals surface area contributed by atoms with Gasteiger partial charge in [0.05, 0.1) is 12.8 Å². The molecule has 0 aliphatic carbocycles. The number of primary amides is 1. The van der Waals surface area contributed by atoms with Gasteiger partial charge >= 0.3 is 0 Å². The van der Waals surface area contributed by atoms with E-state index in [-0.39, 0.29) is 12.3 Å². The number of carbonyl (C=O) groups is 1. The SMILES string of the molecule is COc1cccc(C=CCC(N)=O)n1. The molecule has 0 aliphatic heterocycles. The topological polar surface area (TPSA) is 65.2 Å². The van der Waals surface area contributed by atoms with Gasteiger partial charge in [-0.2, -0.15) is 0 Å². The second-order valence-corrected chi connectivity index (χ2v) is 2.68. The van der Waals surface area contributed by atoms with Gasteiger partial charge in [-0.05, 0) is 12.1 Å². The fourth-order valence-electron chi connectivity index (χ4n) is 0.933. The highest BCUT2D eigenvalue weighted by atomic mass is 16.5. The first-order chi connectivity index (χ1) is 6.72. The Morgan fingerprint density at radius 1 is 1.64 bits per heavy atom. The summed E-state index contributed by atoms with van der Waals surface area (Å²) in [5, 5.41) is 0. The molecule has 14 heavy (non-hydrogen) atoms. The van der Waals surface area contributed by atoms with Crippen molar-refractivity contribution in [2.24, 2.45) is 5.73 Å². The average molecular weight is 192 g/mol. The summed E-state index contributed by atoms with van der Waals surface area (Å²) in [6.45, 7) is 0. The number of aromatic nitrogens is 1. The number of methoxy groups -OCH3 is 1. The van der Waals surface area contributed by atoms with Crippen LogP contribution in [0.5, 0.6) is 5.88 Å². The van der Waals surface area contributed by atoms with Crippen LogP contribution in [-0.2, 0) is 4.79 Å². The third-order valence-corrected chi connectivity index (χ3v) is 1.56. The van der Waals surface area contributed by atoms with Crippen LogP contribution in [0.4, 0.5) is 0 Å². The lowest BCUT2D eigenvalue weighted by molar-refractivity contribution is -0.117. The number of pyridine rings is 1. The molecular formula is C10H12N2O2. The van der Waals surface area contributed by atoms with Crippen LogP contribution in [0, 0.1) is 0 Å². The van der Waals surface area contributed by atoms with Crippen LogP contribution in [0.1, 0.15) is 12.1 Å². The molecule has 1 heterocycles. The van der Waals surface area contributed by atoms with Gasteiger partial charge in [-0.3, -0.25) is 4.79 Å². The van der Waals surface area contributed by atoms with Gasteiger partial charge in [0.25, 0.3) is 0 Å². The molecule has 0 atom stereocenters. The molecule has 1 aromatic rings. The Balaban J connectivity index is 2.66. The monoisotopic (exact) mass is 192 g/mol. The van der Waals surface area contributed by atoms with E-state index >= 15 is 0 Å². The first kappa shape index (κ1) is 10.2. The summed E-state index contributed by atoms with van der Waals surface area (Å²) >= 11 is 0. The number of amides is 1. The van der Waals surface area contributed by atoms with Crippen LogP contribution in [0.25, 0.3) is 6.08 Å². The molecule has 0 fully saturated rings. The van der Waals surface area contributed by atoms with E-state index in [0.29, 0.717) is 5.88 Å². The second-order valence-electron chi connectivity index (χ2n) is 2.68. The number of nitrogens with zero attached hydrogens (tertiary/aromatic N) is 1. The minimum Gasteiger partial charge on any atom is -0.481 e. The lowest BCUT2D eigenvalue weighted by atomic mass is 10.3. The van der Waals surface area contributed by atoms with Crippen LogP contribution in [0.15, 0.2) is 24.3 Å². The maximum absolute atomic E-state index is 10.4. The van der Waals surface area contributed by atoms with Crippen LogP contribution in [0.2, 0.25) is 0 Å². The number of hydrogen-bond acceptors (Lipinski definition) is 3. The van der Waals surface area contributed by atoms with Crippen LogP contribution >= 0.6 is 0 Å². The van der Waals surface area contributed by atoms with Crippen molar-refractivity contribution in [3.8, 4) is 5.88 Å². The van der Waals surface area contributed by atoms with Crippen molar-refractivity contribution in [2.75, 3.05) is 7.11 Å². The first-order valence-electron chi connectivity index (χ1n) is 4.18. The number of hydrogen-bond donors (Lipinski definition) is 1. The lowest BCUT2D eigenvalue weighted by Gasteiger charge is -1.98. The zero-order valence-electron chi connectivity index (χ0n) is 7.93. The van der Waals surface area contributed by atoms with E-state index < -0.39 is 0 Å². The number of carbonyl (C=O) groups excluding carboxylic acids is 1. The Morgan fingerprint density at radius 3 is 3.07 bits per heavy atom. The predicted octanol–water partition coefficient (Wildman–Crippen LogP) is 0.979. The molecule has 4 heteroatoms. The van der Waals surface area contributed by atoms with Crippen LogP contribution in [0.3, 0.4) is 0 Å². The van der Waals surface area contributed by atoms with E-state index in [4.69, 9.17) is 10.5 Å². The maximum Gasteiger partial charge on any atom is 0.221 e. The average Bonchev–Trinajstić information content (AvgIpc) is 2.18. The molecule has 0 aromatic carbocycles. The summed E-state index contributed by atoms with van der Waals surface area (Å²) in [6, 6.07) is 5.40. The summed E-state index contributed by atoms with van der Waals surface area (Å²) < 4.78 is 4.95. The zero-order valence-corrected chi connectivity index (χ0v) is 7.93. The van der Waals surface area contributed by atoms with E-state index in [1.807, 2.05) is 12.1 Å². The van der Waals surface area contributed by atoms with Gasteiger partial charge in [-0.1, -0.05) is 12.1 Å². The Kier molecular flexibility index (Phi) is 3.67. The van der Waals surface area contributed by atoms with Gasteiger partial charge in [-0.15, -0.1) is 0 Å². The Hall–Kier alpha value is -1.84. The third kappa shape index (κ3) is 3.26. The van der Waals surface area contributed by atoms with Crippen molar-refractivity contribution in [1.29, 1.82) is 0 Å². The highest BCUT2D eigenvalue weighted by molar-refractivity contribution is 5.76. The molecule has 74 valence electrons. The molecule has 0 aliphatic rings. The van der Waals surface area contributed by atoms with Gasteiger partial charge in [0.2, 0.25) is 11.8 Å². The Bertz CT molecular complexity index is 348. The molecule has 0 unspecified atom stereocenters. The Morgan fingerprint density at radius 2 is 2.43 bits per heavy atom. The molecular weight excluding hydrogens is 180 g/mol. The number of ether oxygens (including phenoxy) is 1. The van der Waals surface area contributed by atoms with Gasteiger partial charge in [0.1, 0.15) is 0 Å². The normalized spacial score (nSPS) is 10.4.